The van der Waals surface area contributed by atoms with Gasteiger partial charge in [-0.2, -0.15) is 0 Å². The average molecular weight is 210 g/mol. The summed E-state index contributed by atoms with van der Waals surface area (Å²) in [5.74, 6) is -0.475. The molecule has 1 rings (SSSR count). The maximum Gasteiger partial charge on any atom is 0.306 e. The smallest absolute Gasteiger partial charge is 0.306 e. The summed E-state index contributed by atoms with van der Waals surface area (Å²) >= 11 is 0. The second-order valence-corrected chi connectivity index (χ2v) is 3.39. The zero-order valence-corrected chi connectivity index (χ0v) is 8.83. The molecular formula is C12H15FO2. The Morgan fingerprint density at radius 2 is 2.00 bits per heavy atom. The Balaban J connectivity index is 2.30. The summed E-state index contributed by atoms with van der Waals surface area (Å²) in [5, 5.41) is 0. The number of hydrogen-bond donors (Lipinski definition) is 0. The normalized spacial score (nSPS) is 10.0. The fraction of sp³-hybridized carbons (Fsp3) is 0.417. The first-order valence-corrected chi connectivity index (χ1v) is 5.12. The van der Waals surface area contributed by atoms with Crippen molar-refractivity contribution < 1.29 is 13.9 Å². The Hall–Kier alpha value is -1.38. The van der Waals surface area contributed by atoms with Crippen LogP contribution >= 0.6 is 0 Å². The van der Waals surface area contributed by atoms with Crippen LogP contribution in [0.1, 0.15) is 31.7 Å². The van der Waals surface area contributed by atoms with Gasteiger partial charge in [-0.3, -0.25) is 4.79 Å². The first-order chi connectivity index (χ1) is 7.22. The van der Waals surface area contributed by atoms with Gasteiger partial charge in [-0.1, -0.05) is 25.5 Å². The molecule has 0 N–H and O–H groups in total. The highest BCUT2D eigenvalue weighted by molar-refractivity contribution is 5.69. The molecule has 1 aromatic rings. The van der Waals surface area contributed by atoms with E-state index >= 15 is 0 Å². The minimum atomic E-state index is -0.281. The monoisotopic (exact) mass is 210 g/mol. The third kappa shape index (κ3) is 4.58. The molecule has 0 aliphatic carbocycles. The van der Waals surface area contributed by atoms with E-state index in [0.29, 0.717) is 6.42 Å². The number of ether oxygens (including phenoxy) is 1. The molecule has 82 valence electrons. The van der Waals surface area contributed by atoms with E-state index in [1.54, 1.807) is 12.1 Å². The van der Waals surface area contributed by atoms with Crippen LogP contribution in [0.3, 0.4) is 0 Å². The number of rotatable bonds is 5. The molecule has 0 fully saturated rings. The van der Waals surface area contributed by atoms with Crippen LogP contribution in [0.4, 0.5) is 4.39 Å². The van der Waals surface area contributed by atoms with Crippen molar-refractivity contribution >= 4 is 5.97 Å². The van der Waals surface area contributed by atoms with Crippen molar-refractivity contribution in [2.24, 2.45) is 0 Å². The summed E-state index contributed by atoms with van der Waals surface area (Å²) in [6, 6.07) is 5.94. The van der Waals surface area contributed by atoms with Crippen LogP contribution in [-0.4, -0.2) is 5.97 Å². The Labute approximate surface area is 89.1 Å². The molecular weight excluding hydrogens is 195 g/mol. The molecule has 0 spiro atoms. The quantitative estimate of drug-likeness (QED) is 0.698. The lowest BCUT2D eigenvalue weighted by Crippen LogP contribution is -2.03. The third-order valence-electron chi connectivity index (χ3n) is 2.05. The number of benzene rings is 1. The third-order valence-corrected chi connectivity index (χ3v) is 2.05. The van der Waals surface area contributed by atoms with Crippen molar-refractivity contribution in [3.63, 3.8) is 0 Å². The molecule has 0 saturated carbocycles. The number of esters is 1. The fourth-order valence-corrected chi connectivity index (χ4v) is 1.14. The van der Waals surface area contributed by atoms with Gasteiger partial charge >= 0.3 is 5.97 Å². The van der Waals surface area contributed by atoms with E-state index in [0.717, 1.165) is 18.4 Å². The van der Waals surface area contributed by atoms with Crippen molar-refractivity contribution in [3.05, 3.63) is 35.6 Å². The zero-order valence-electron chi connectivity index (χ0n) is 8.83. The summed E-state index contributed by atoms with van der Waals surface area (Å²) < 4.78 is 17.6. The van der Waals surface area contributed by atoms with Gasteiger partial charge < -0.3 is 4.74 Å². The van der Waals surface area contributed by atoms with E-state index in [2.05, 4.69) is 0 Å². The Bertz CT molecular complexity index is 306. The molecule has 0 saturated heterocycles. The first kappa shape index (κ1) is 11.7. The van der Waals surface area contributed by atoms with E-state index in [9.17, 15) is 9.18 Å². The molecule has 0 aromatic heterocycles. The van der Waals surface area contributed by atoms with Crippen LogP contribution < -0.4 is 0 Å². The van der Waals surface area contributed by atoms with Gasteiger partial charge in [-0.25, -0.2) is 4.39 Å². The summed E-state index contributed by atoms with van der Waals surface area (Å²) in [6.07, 6.45) is 2.28. The van der Waals surface area contributed by atoms with Gasteiger partial charge in [0.2, 0.25) is 0 Å². The highest BCUT2D eigenvalue weighted by atomic mass is 19.1. The lowest BCUT2D eigenvalue weighted by molar-refractivity contribution is -0.145. The maximum absolute atomic E-state index is 12.5. The Kier molecular flexibility index (Phi) is 4.81. The maximum atomic E-state index is 12.5. The molecule has 0 radical (unpaired) electrons. The minimum Gasteiger partial charge on any atom is -0.461 e. The van der Waals surface area contributed by atoms with Crippen LogP contribution in [0.2, 0.25) is 0 Å². The van der Waals surface area contributed by atoms with E-state index in [1.807, 2.05) is 6.92 Å². The topological polar surface area (TPSA) is 26.3 Å². The molecule has 0 aliphatic rings. The lowest BCUT2D eigenvalue weighted by atomic mass is 10.2. The Morgan fingerprint density at radius 3 is 2.60 bits per heavy atom. The molecule has 0 aliphatic heterocycles. The van der Waals surface area contributed by atoms with E-state index in [-0.39, 0.29) is 18.4 Å². The number of carbonyl (C=O) groups is 1. The fourth-order valence-electron chi connectivity index (χ4n) is 1.14. The second kappa shape index (κ2) is 6.17. The molecule has 0 amide bonds. The predicted octanol–water partition coefficient (Wildman–Crippen LogP) is 3.06. The minimum absolute atomic E-state index is 0.193. The number of carbonyl (C=O) groups excluding carboxylic acids is 1. The molecule has 3 heteroatoms. The molecule has 2 nitrogen and oxygen atoms in total. The zero-order chi connectivity index (χ0) is 11.1. The summed E-state index contributed by atoms with van der Waals surface area (Å²) in [6.45, 7) is 2.25. The van der Waals surface area contributed by atoms with Gasteiger partial charge in [-0.15, -0.1) is 0 Å². The molecule has 15 heavy (non-hydrogen) atoms. The van der Waals surface area contributed by atoms with Crippen LogP contribution in [0, 0.1) is 5.82 Å². The van der Waals surface area contributed by atoms with Crippen LogP contribution in [0.15, 0.2) is 24.3 Å². The van der Waals surface area contributed by atoms with E-state index < -0.39 is 0 Å². The first-order valence-electron chi connectivity index (χ1n) is 5.12. The van der Waals surface area contributed by atoms with E-state index in [1.165, 1.54) is 12.1 Å². The molecule has 0 unspecified atom stereocenters. The van der Waals surface area contributed by atoms with Crippen LogP contribution in [-0.2, 0) is 16.1 Å². The van der Waals surface area contributed by atoms with Gasteiger partial charge in [0.25, 0.3) is 0 Å². The second-order valence-electron chi connectivity index (χ2n) is 3.39. The van der Waals surface area contributed by atoms with Gasteiger partial charge in [-0.05, 0) is 24.1 Å². The van der Waals surface area contributed by atoms with Crippen LogP contribution in [0.25, 0.3) is 0 Å². The molecule has 0 heterocycles. The number of halogens is 1. The van der Waals surface area contributed by atoms with Gasteiger partial charge in [0, 0.05) is 6.42 Å². The molecule has 0 bridgehead atoms. The average Bonchev–Trinajstić information content (AvgIpc) is 2.25. The van der Waals surface area contributed by atoms with Crippen LogP contribution in [0.5, 0.6) is 0 Å². The SMILES string of the molecule is CCCCC(=O)OCc1ccc(F)cc1. The summed E-state index contributed by atoms with van der Waals surface area (Å²) in [4.78, 5) is 11.1. The van der Waals surface area contributed by atoms with Gasteiger partial charge in [0.15, 0.2) is 0 Å². The van der Waals surface area contributed by atoms with Crippen molar-refractivity contribution in [1.82, 2.24) is 0 Å². The number of hydrogen-bond acceptors (Lipinski definition) is 2. The number of unbranched alkanes of at least 4 members (excludes halogenated alkanes) is 1. The summed E-state index contributed by atoms with van der Waals surface area (Å²) in [7, 11) is 0. The van der Waals surface area contributed by atoms with Crippen molar-refractivity contribution in [1.29, 1.82) is 0 Å². The lowest BCUT2D eigenvalue weighted by Gasteiger charge is -2.04. The van der Waals surface area contributed by atoms with Crippen molar-refractivity contribution in [2.75, 3.05) is 0 Å². The highest BCUT2D eigenvalue weighted by Gasteiger charge is 2.02. The molecule has 1 aromatic carbocycles. The standard InChI is InChI=1S/C12H15FO2/c1-2-3-4-12(14)15-9-10-5-7-11(13)8-6-10/h5-8H,2-4,9H2,1H3. The van der Waals surface area contributed by atoms with E-state index in [4.69, 9.17) is 4.74 Å². The van der Waals surface area contributed by atoms with Gasteiger partial charge in [0.1, 0.15) is 12.4 Å². The predicted molar refractivity (Wildman–Crippen MR) is 55.7 cm³/mol. The largest absolute Gasteiger partial charge is 0.461 e. The Morgan fingerprint density at radius 1 is 1.33 bits per heavy atom. The van der Waals surface area contributed by atoms with Gasteiger partial charge in [0.05, 0.1) is 0 Å². The van der Waals surface area contributed by atoms with Crippen molar-refractivity contribution in [2.45, 2.75) is 32.8 Å². The summed E-state index contributed by atoms with van der Waals surface area (Å²) in [5.41, 5.74) is 0.807. The van der Waals surface area contributed by atoms with Crippen molar-refractivity contribution in [3.8, 4) is 0 Å². The molecule has 0 atom stereocenters. The highest BCUT2D eigenvalue weighted by Crippen LogP contribution is 2.05.